The van der Waals surface area contributed by atoms with E-state index in [-0.39, 0.29) is 17.6 Å². The molecule has 0 atom stereocenters. The average Bonchev–Trinajstić information content (AvgIpc) is 3.51. The number of nitrogens with one attached hydrogen (secondary N) is 1. The van der Waals surface area contributed by atoms with Crippen LogP contribution in [-0.2, 0) is 4.79 Å². The Morgan fingerprint density at radius 1 is 1.12 bits per heavy atom. The number of piperazine rings is 1. The third kappa shape index (κ3) is 5.29. The lowest BCUT2D eigenvalue weighted by Crippen LogP contribution is -2.50. The van der Waals surface area contributed by atoms with Gasteiger partial charge in [-0.15, -0.1) is 0 Å². The monoisotopic (exact) mass is 359 g/mol. The lowest BCUT2D eigenvalue weighted by atomic mass is 10.1. The van der Waals surface area contributed by atoms with E-state index in [9.17, 15) is 9.59 Å². The molecule has 1 aromatic rings. The molecule has 1 heterocycles. The molecule has 2 aliphatic rings. The second-order valence-electron chi connectivity index (χ2n) is 7.12. The van der Waals surface area contributed by atoms with Gasteiger partial charge in [0.2, 0.25) is 5.91 Å². The molecule has 6 nitrogen and oxygen atoms in total. The van der Waals surface area contributed by atoms with Crippen LogP contribution in [0.25, 0.3) is 0 Å². The number of carbonyl (C=O) groups excluding carboxylic acids is 2. The van der Waals surface area contributed by atoms with Gasteiger partial charge in [0.15, 0.2) is 5.78 Å². The summed E-state index contributed by atoms with van der Waals surface area (Å²) in [7, 11) is 1.80. The molecule has 142 valence electrons. The zero-order chi connectivity index (χ0) is 18.4. The molecule has 0 spiro atoms. The van der Waals surface area contributed by atoms with E-state index in [0.717, 1.165) is 63.3 Å². The van der Waals surface area contributed by atoms with Crippen molar-refractivity contribution in [2.75, 3.05) is 52.9 Å². The van der Waals surface area contributed by atoms with Crippen LogP contribution < -0.4 is 10.1 Å². The maximum absolute atomic E-state index is 12.0. The quantitative estimate of drug-likeness (QED) is 0.534. The van der Waals surface area contributed by atoms with E-state index < -0.39 is 0 Å². The van der Waals surface area contributed by atoms with Crippen LogP contribution in [-0.4, -0.2) is 74.4 Å². The van der Waals surface area contributed by atoms with Crippen LogP contribution in [0, 0.1) is 5.92 Å². The van der Waals surface area contributed by atoms with Crippen LogP contribution in [0.3, 0.4) is 0 Å². The first kappa shape index (κ1) is 18.9. The van der Waals surface area contributed by atoms with Crippen LogP contribution in [0.4, 0.5) is 0 Å². The molecule has 1 saturated heterocycles. The average molecular weight is 359 g/mol. The van der Waals surface area contributed by atoms with Gasteiger partial charge in [-0.05, 0) is 50.6 Å². The largest absolute Gasteiger partial charge is 0.494 e. The van der Waals surface area contributed by atoms with Crippen LogP contribution in [0.2, 0.25) is 0 Å². The van der Waals surface area contributed by atoms with Crippen molar-refractivity contribution < 1.29 is 14.3 Å². The molecule has 3 rings (SSSR count). The topological polar surface area (TPSA) is 61.9 Å². The second kappa shape index (κ2) is 9.14. The number of hydrogen-bond donors (Lipinski definition) is 1. The SMILES string of the molecule is CNCC(=O)N1CCN(CCCOc2ccc(C(=O)C3CC3)cc2)CC1. The molecule has 0 bridgehead atoms. The summed E-state index contributed by atoms with van der Waals surface area (Å²) in [5.74, 6) is 1.53. The summed E-state index contributed by atoms with van der Waals surface area (Å²) in [5, 5.41) is 2.91. The predicted molar refractivity (Wildman–Crippen MR) is 101 cm³/mol. The van der Waals surface area contributed by atoms with Gasteiger partial charge >= 0.3 is 0 Å². The summed E-state index contributed by atoms with van der Waals surface area (Å²) in [6, 6.07) is 7.53. The molecule has 2 fully saturated rings. The van der Waals surface area contributed by atoms with E-state index in [1.54, 1.807) is 7.05 Å². The van der Waals surface area contributed by atoms with E-state index >= 15 is 0 Å². The third-order valence-corrected chi connectivity index (χ3v) is 5.03. The zero-order valence-corrected chi connectivity index (χ0v) is 15.6. The van der Waals surface area contributed by atoms with Gasteiger partial charge in [0.25, 0.3) is 0 Å². The smallest absolute Gasteiger partial charge is 0.236 e. The highest BCUT2D eigenvalue weighted by molar-refractivity contribution is 5.99. The summed E-state index contributed by atoms with van der Waals surface area (Å²) in [6.45, 7) is 5.51. The highest BCUT2D eigenvalue weighted by atomic mass is 16.5. The third-order valence-electron chi connectivity index (χ3n) is 5.03. The van der Waals surface area contributed by atoms with Gasteiger partial charge in [-0.1, -0.05) is 0 Å². The molecule has 1 N–H and O–H groups in total. The first-order chi connectivity index (χ1) is 12.7. The number of Topliss-reactive ketones (excluding diaryl/α,β-unsaturated/α-hetero) is 1. The number of rotatable bonds is 9. The van der Waals surface area contributed by atoms with E-state index in [4.69, 9.17) is 4.74 Å². The van der Waals surface area contributed by atoms with Crippen LogP contribution in [0.1, 0.15) is 29.6 Å². The summed E-state index contributed by atoms with van der Waals surface area (Å²) >= 11 is 0. The first-order valence-corrected chi connectivity index (χ1v) is 9.59. The fourth-order valence-electron chi connectivity index (χ4n) is 3.26. The van der Waals surface area contributed by atoms with Crippen molar-refractivity contribution in [1.82, 2.24) is 15.1 Å². The number of amides is 1. The summed E-state index contributed by atoms with van der Waals surface area (Å²) in [4.78, 5) is 28.1. The van der Waals surface area contributed by atoms with E-state index in [1.165, 1.54) is 0 Å². The maximum atomic E-state index is 12.0. The van der Waals surface area contributed by atoms with E-state index in [0.29, 0.717) is 13.2 Å². The summed E-state index contributed by atoms with van der Waals surface area (Å²) in [5.41, 5.74) is 0.797. The number of ketones is 1. The predicted octanol–water partition coefficient (Wildman–Crippen LogP) is 1.41. The van der Waals surface area contributed by atoms with Crippen molar-refractivity contribution in [2.24, 2.45) is 5.92 Å². The lowest BCUT2D eigenvalue weighted by molar-refractivity contribution is -0.131. The van der Waals surface area contributed by atoms with Crippen molar-refractivity contribution >= 4 is 11.7 Å². The normalized spacial score (nSPS) is 18.0. The van der Waals surface area contributed by atoms with Gasteiger partial charge in [-0.2, -0.15) is 0 Å². The molecule has 1 saturated carbocycles. The van der Waals surface area contributed by atoms with Crippen molar-refractivity contribution in [2.45, 2.75) is 19.3 Å². The number of carbonyl (C=O) groups is 2. The number of benzene rings is 1. The molecule has 0 radical (unpaired) electrons. The van der Waals surface area contributed by atoms with Gasteiger partial charge in [0.1, 0.15) is 5.75 Å². The molecule has 0 unspecified atom stereocenters. The number of nitrogens with zero attached hydrogens (tertiary/aromatic N) is 2. The van der Waals surface area contributed by atoms with Crippen molar-refractivity contribution in [3.05, 3.63) is 29.8 Å². The lowest BCUT2D eigenvalue weighted by Gasteiger charge is -2.34. The molecule has 1 aliphatic heterocycles. The summed E-state index contributed by atoms with van der Waals surface area (Å²) < 4.78 is 5.79. The first-order valence-electron chi connectivity index (χ1n) is 9.59. The Labute approximate surface area is 155 Å². The standard InChI is InChI=1S/C20H29N3O3/c1-21-15-19(24)23-12-10-22(11-13-23)9-2-14-26-18-7-5-17(6-8-18)20(25)16-3-4-16/h5-8,16,21H,2-4,9-15H2,1H3. The minimum absolute atomic E-state index is 0.180. The molecule has 6 heteroatoms. The molecule has 0 aromatic heterocycles. The van der Waals surface area contributed by atoms with Crippen LogP contribution in [0.15, 0.2) is 24.3 Å². The Bertz CT molecular complexity index is 605. The number of ether oxygens (including phenoxy) is 1. The van der Waals surface area contributed by atoms with Gasteiger partial charge in [-0.25, -0.2) is 0 Å². The number of likely N-dealkylation sites (N-methyl/N-ethyl adjacent to an activating group) is 1. The van der Waals surface area contributed by atoms with Crippen molar-refractivity contribution in [1.29, 1.82) is 0 Å². The summed E-state index contributed by atoms with van der Waals surface area (Å²) in [6.07, 6.45) is 3.03. The van der Waals surface area contributed by atoms with Crippen molar-refractivity contribution in [3.63, 3.8) is 0 Å². The van der Waals surface area contributed by atoms with Gasteiger partial charge in [0, 0.05) is 44.2 Å². The van der Waals surface area contributed by atoms with Crippen LogP contribution >= 0.6 is 0 Å². The zero-order valence-electron chi connectivity index (χ0n) is 15.6. The Morgan fingerprint density at radius 2 is 1.81 bits per heavy atom. The minimum atomic E-state index is 0.180. The minimum Gasteiger partial charge on any atom is -0.494 e. The van der Waals surface area contributed by atoms with Crippen molar-refractivity contribution in [3.8, 4) is 5.75 Å². The van der Waals surface area contributed by atoms with E-state index in [1.807, 2.05) is 29.2 Å². The molecular weight excluding hydrogens is 330 g/mol. The highest BCUT2D eigenvalue weighted by Crippen LogP contribution is 2.32. The molecule has 1 amide bonds. The van der Waals surface area contributed by atoms with Crippen LogP contribution in [0.5, 0.6) is 5.75 Å². The Hall–Kier alpha value is -1.92. The molecular formula is C20H29N3O3. The Kier molecular flexibility index (Phi) is 6.63. The fraction of sp³-hybridized carbons (Fsp3) is 0.600. The molecule has 1 aromatic carbocycles. The molecule has 1 aliphatic carbocycles. The second-order valence-corrected chi connectivity index (χ2v) is 7.12. The van der Waals surface area contributed by atoms with Gasteiger partial charge in [-0.3, -0.25) is 14.5 Å². The maximum Gasteiger partial charge on any atom is 0.236 e. The Balaban J connectivity index is 1.31. The highest BCUT2D eigenvalue weighted by Gasteiger charge is 2.30. The van der Waals surface area contributed by atoms with E-state index in [2.05, 4.69) is 10.2 Å². The number of hydrogen-bond acceptors (Lipinski definition) is 5. The van der Waals surface area contributed by atoms with Gasteiger partial charge < -0.3 is 15.0 Å². The Morgan fingerprint density at radius 3 is 2.42 bits per heavy atom. The van der Waals surface area contributed by atoms with Gasteiger partial charge in [0.05, 0.1) is 13.2 Å². The fourth-order valence-corrected chi connectivity index (χ4v) is 3.26. The molecule has 26 heavy (non-hydrogen) atoms.